The summed E-state index contributed by atoms with van der Waals surface area (Å²) in [5.41, 5.74) is 5.46. The maximum Gasteiger partial charge on any atom is 0.150 e. The molecule has 36 heavy (non-hydrogen) atoms. The van der Waals surface area contributed by atoms with E-state index in [1.165, 1.54) is 5.69 Å². The molecule has 5 aromatic rings. The normalized spacial score (nSPS) is 13.8. The fourth-order valence-corrected chi connectivity index (χ4v) is 5.17. The predicted octanol–water partition coefficient (Wildman–Crippen LogP) is 6.19. The quantitative estimate of drug-likeness (QED) is 0.266. The van der Waals surface area contributed by atoms with Crippen LogP contribution in [-0.2, 0) is 0 Å². The van der Waals surface area contributed by atoms with E-state index >= 15 is 0 Å². The number of halogens is 1. The highest BCUT2D eigenvalue weighted by Crippen LogP contribution is 2.37. The summed E-state index contributed by atoms with van der Waals surface area (Å²) in [5, 5.41) is 1.08. The number of rotatable bonds is 5. The summed E-state index contributed by atoms with van der Waals surface area (Å²) in [6.07, 6.45) is 3.88. The molecule has 0 N–H and O–H groups in total. The van der Waals surface area contributed by atoms with E-state index in [2.05, 4.69) is 97.2 Å². The molecule has 0 unspecified atom stereocenters. The van der Waals surface area contributed by atoms with Gasteiger partial charge < -0.3 is 19.1 Å². The zero-order chi connectivity index (χ0) is 24.5. The molecule has 3 heterocycles. The van der Waals surface area contributed by atoms with Gasteiger partial charge in [-0.2, -0.15) is 0 Å². The second-order valence-corrected chi connectivity index (χ2v) is 9.74. The van der Waals surface area contributed by atoms with Gasteiger partial charge in [0.1, 0.15) is 17.9 Å². The van der Waals surface area contributed by atoms with E-state index in [1.54, 1.807) is 13.4 Å². The average Bonchev–Trinajstić information content (AvgIpc) is 3.34. The van der Waals surface area contributed by atoms with Crippen molar-refractivity contribution in [3.8, 4) is 22.6 Å². The van der Waals surface area contributed by atoms with Gasteiger partial charge in [0.2, 0.25) is 0 Å². The van der Waals surface area contributed by atoms with Gasteiger partial charge in [-0.25, -0.2) is 9.97 Å². The van der Waals surface area contributed by atoms with Gasteiger partial charge in [-0.15, -0.1) is 0 Å². The van der Waals surface area contributed by atoms with Crippen LogP contribution in [0.25, 0.3) is 27.8 Å². The molecular formula is C29H26BrN5O. The summed E-state index contributed by atoms with van der Waals surface area (Å²) < 4.78 is 8.65. The fraction of sp³-hybridized carbons (Fsp3) is 0.172. The summed E-state index contributed by atoms with van der Waals surface area (Å²) in [5.74, 6) is 1.87. The first kappa shape index (κ1) is 22.6. The topological polar surface area (TPSA) is 46.4 Å². The number of methoxy groups -OCH3 is 1. The Labute approximate surface area is 218 Å². The van der Waals surface area contributed by atoms with Crippen LogP contribution in [0.3, 0.4) is 0 Å². The van der Waals surface area contributed by atoms with Gasteiger partial charge in [0, 0.05) is 59.9 Å². The molecule has 0 spiro atoms. The monoisotopic (exact) mass is 539 g/mol. The van der Waals surface area contributed by atoms with Gasteiger partial charge in [0.15, 0.2) is 5.65 Å². The maximum absolute atomic E-state index is 5.43. The molecule has 0 saturated carbocycles. The smallest absolute Gasteiger partial charge is 0.150 e. The van der Waals surface area contributed by atoms with Crippen LogP contribution >= 0.6 is 15.9 Å². The SMILES string of the molecule is COc1cccc(N2CCN(c3ncnc4c3c(-c3ccccc3)cn4-c3ccc(Br)cc3)CC2)c1. The Morgan fingerprint density at radius 2 is 1.53 bits per heavy atom. The lowest BCUT2D eigenvalue weighted by molar-refractivity contribution is 0.414. The molecule has 7 heteroatoms. The third-order valence-electron chi connectivity index (χ3n) is 6.75. The van der Waals surface area contributed by atoms with Crippen molar-refractivity contribution in [3.05, 3.63) is 95.9 Å². The van der Waals surface area contributed by atoms with Crippen LogP contribution in [0.1, 0.15) is 0 Å². The second-order valence-electron chi connectivity index (χ2n) is 8.83. The van der Waals surface area contributed by atoms with E-state index in [0.29, 0.717) is 0 Å². The molecule has 3 aromatic carbocycles. The Kier molecular flexibility index (Phi) is 6.07. The third-order valence-corrected chi connectivity index (χ3v) is 7.28. The molecule has 0 radical (unpaired) electrons. The standard InChI is InChI=1S/C29H26BrN5O/c1-36-25-9-5-8-24(18-25)33-14-16-34(17-15-33)28-27-26(21-6-3-2-4-7-21)19-35(29(27)32-20-31-28)23-12-10-22(30)11-13-23/h2-13,18-20H,14-17H2,1H3. The summed E-state index contributed by atoms with van der Waals surface area (Å²) in [4.78, 5) is 14.4. The largest absolute Gasteiger partial charge is 0.497 e. The van der Waals surface area contributed by atoms with E-state index < -0.39 is 0 Å². The van der Waals surface area contributed by atoms with Crippen molar-refractivity contribution < 1.29 is 4.74 Å². The van der Waals surface area contributed by atoms with Crippen LogP contribution in [0.4, 0.5) is 11.5 Å². The second kappa shape index (κ2) is 9.66. The zero-order valence-corrected chi connectivity index (χ0v) is 21.6. The first-order chi connectivity index (χ1) is 17.7. The lowest BCUT2D eigenvalue weighted by Crippen LogP contribution is -2.46. The van der Waals surface area contributed by atoms with Crippen molar-refractivity contribution >= 4 is 38.5 Å². The lowest BCUT2D eigenvalue weighted by atomic mass is 10.1. The van der Waals surface area contributed by atoms with E-state index in [0.717, 1.165) is 70.1 Å². The van der Waals surface area contributed by atoms with Gasteiger partial charge in [-0.1, -0.05) is 52.3 Å². The highest BCUT2D eigenvalue weighted by Gasteiger charge is 2.24. The molecule has 1 aliphatic heterocycles. The number of benzene rings is 3. The summed E-state index contributed by atoms with van der Waals surface area (Å²) in [7, 11) is 1.71. The zero-order valence-electron chi connectivity index (χ0n) is 20.0. The van der Waals surface area contributed by atoms with Crippen LogP contribution in [0.2, 0.25) is 0 Å². The molecule has 0 aliphatic carbocycles. The first-order valence-electron chi connectivity index (χ1n) is 12.0. The maximum atomic E-state index is 5.43. The number of hydrogen-bond donors (Lipinski definition) is 0. The lowest BCUT2D eigenvalue weighted by Gasteiger charge is -2.37. The average molecular weight is 540 g/mol. The van der Waals surface area contributed by atoms with E-state index in [1.807, 2.05) is 18.2 Å². The van der Waals surface area contributed by atoms with Crippen LogP contribution in [0.5, 0.6) is 5.75 Å². The number of nitrogens with zero attached hydrogens (tertiary/aromatic N) is 5. The van der Waals surface area contributed by atoms with Gasteiger partial charge in [-0.05, 0) is 42.0 Å². The molecule has 6 nitrogen and oxygen atoms in total. The van der Waals surface area contributed by atoms with Crippen LogP contribution in [-0.4, -0.2) is 47.8 Å². The predicted molar refractivity (Wildman–Crippen MR) is 149 cm³/mol. The van der Waals surface area contributed by atoms with E-state index in [4.69, 9.17) is 14.7 Å². The molecule has 6 rings (SSSR count). The van der Waals surface area contributed by atoms with Crippen molar-refractivity contribution in [2.24, 2.45) is 0 Å². The minimum atomic E-state index is 0.876. The Morgan fingerprint density at radius 1 is 0.778 bits per heavy atom. The Morgan fingerprint density at radius 3 is 2.28 bits per heavy atom. The number of anilines is 2. The van der Waals surface area contributed by atoms with Gasteiger partial charge in [0.05, 0.1) is 12.5 Å². The van der Waals surface area contributed by atoms with Gasteiger partial charge in [-0.3, -0.25) is 0 Å². The molecule has 1 saturated heterocycles. The van der Waals surface area contributed by atoms with E-state index in [9.17, 15) is 0 Å². The number of ether oxygens (including phenoxy) is 1. The van der Waals surface area contributed by atoms with Crippen molar-refractivity contribution in [1.82, 2.24) is 14.5 Å². The first-order valence-corrected chi connectivity index (χ1v) is 12.8. The molecule has 0 bridgehead atoms. The highest BCUT2D eigenvalue weighted by molar-refractivity contribution is 9.10. The molecule has 1 fully saturated rings. The number of aromatic nitrogens is 3. The van der Waals surface area contributed by atoms with Crippen molar-refractivity contribution in [1.29, 1.82) is 0 Å². The number of hydrogen-bond acceptors (Lipinski definition) is 5. The van der Waals surface area contributed by atoms with Crippen LogP contribution in [0.15, 0.2) is 95.9 Å². The molecule has 0 atom stereocenters. The number of fused-ring (bicyclic) bond motifs is 1. The Hall–Kier alpha value is -3.84. The minimum absolute atomic E-state index is 0.876. The minimum Gasteiger partial charge on any atom is -0.497 e. The summed E-state index contributed by atoms with van der Waals surface area (Å²) >= 11 is 3.55. The molecule has 1 aliphatic rings. The Balaban J connectivity index is 1.40. The molecule has 180 valence electrons. The molecule has 2 aromatic heterocycles. The van der Waals surface area contributed by atoms with Crippen LogP contribution in [0, 0.1) is 0 Å². The van der Waals surface area contributed by atoms with Crippen LogP contribution < -0.4 is 14.5 Å². The van der Waals surface area contributed by atoms with Crippen molar-refractivity contribution in [2.75, 3.05) is 43.1 Å². The summed E-state index contributed by atoms with van der Waals surface area (Å²) in [6, 6.07) is 27.1. The Bertz CT molecular complexity index is 1490. The number of piperazine rings is 1. The fourth-order valence-electron chi connectivity index (χ4n) is 4.90. The van der Waals surface area contributed by atoms with Gasteiger partial charge >= 0.3 is 0 Å². The molecule has 0 amide bonds. The third kappa shape index (κ3) is 4.20. The van der Waals surface area contributed by atoms with E-state index in [-0.39, 0.29) is 0 Å². The van der Waals surface area contributed by atoms with Crippen molar-refractivity contribution in [3.63, 3.8) is 0 Å². The summed E-state index contributed by atoms with van der Waals surface area (Å²) in [6.45, 7) is 3.57. The van der Waals surface area contributed by atoms with Gasteiger partial charge in [0.25, 0.3) is 0 Å². The van der Waals surface area contributed by atoms with Crippen molar-refractivity contribution in [2.45, 2.75) is 0 Å². The molecular weight excluding hydrogens is 514 g/mol. The highest BCUT2D eigenvalue weighted by atomic mass is 79.9.